The van der Waals surface area contributed by atoms with Crippen molar-refractivity contribution in [3.05, 3.63) is 84.4 Å². The zero-order chi connectivity index (χ0) is 16.4. The van der Waals surface area contributed by atoms with Crippen LogP contribution in [0, 0.1) is 0 Å². The van der Waals surface area contributed by atoms with E-state index in [0.29, 0.717) is 0 Å². The van der Waals surface area contributed by atoms with Crippen molar-refractivity contribution in [1.29, 1.82) is 0 Å². The maximum atomic E-state index is 10.1. The van der Waals surface area contributed by atoms with Crippen molar-refractivity contribution in [2.45, 2.75) is 32.3 Å². The van der Waals surface area contributed by atoms with Crippen LogP contribution in [0.4, 0.5) is 0 Å². The summed E-state index contributed by atoms with van der Waals surface area (Å²) in [4.78, 5) is 0. The lowest BCUT2D eigenvalue weighted by atomic mass is 9.91. The van der Waals surface area contributed by atoms with E-state index < -0.39 is 5.60 Å². The molecule has 0 saturated carbocycles. The van der Waals surface area contributed by atoms with E-state index in [-0.39, 0.29) is 0 Å². The standard InChI is InChI=1S/C13H18O.C8H8/c1-4-10-13(3,14)12-8-6-11(5-2)7-9-12;1-2-8-6-4-3-5-7-8/h5-9,14H,2,4,10H2,1,3H3;2-7H,1H2. The molecule has 0 bridgehead atoms. The first kappa shape index (κ1) is 17.9. The highest BCUT2D eigenvalue weighted by Crippen LogP contribution is 2.25. The van der Waals surface area contributed by atoms with Gasteiger partial charge in [-0.25, -0.2) is 0 Å². The summed E-state index contributed by atoms with van der Waals surface area (Å²) in [5.41, 5.74) is 2.53. The van der Waals surface area contributed by atoms with Crippen molar-refractivity contribution < 1.29 is 5.11 Å². The topological polar surface area (TPSA) is 20.2 Å². The lowest BCUT2D eigenvalue weighted by Crippen LogP contribution is -2.20. The summed E-state index contributed by atoms with van der Waals surface area (Å²) >= 11 is 0. The molecule has 2 aromatic carbocycles. The van der Waals surface area contributed by atoms with Gasteiger partial charge in [0.1, 0.15) is 0 Å². The second-order valence-electron chi connectivity index (χ2n) is 5.46. The van der Waals surface area contributed by atoms with Gasteiger partial charge in [0.15, 0.2) is 0 Å². The van der Waals surface area contributed by atoms with Crippen LogP contribution in [0.15, 0.2) is 67.8 Å². The molecule has 2 aromatic rings. The lowest BCUT2D eigenvalue weighted by molar-refractivity contribution is 0.0470. The number of rotatable bonds is 5. The van der Waals surface area contributed by atoms with Crippen molar-refractivity contribution in [2.24, 2.45) is 0 Å². The van der Waals surface area contributed by atoms with E-state index in [4.69, 9.17) is 0 Å². The Morgan fingerprint density at radius 3 is 1.82 bits per heavy atom. The fraction of sp³-hybridized carbons (Fsp3) is 0.238. The molecule has 0 heterocycles. The van der Waals surface area contributed by atoms with Gasteiger partial charge in [-0.2, -0.15) is 0 Å². The Morgan fingerprint density at radius 2 is 1.41 bits per heavy atom. The van der Waals surface area contributed by atoms with E-state index in [9.17, 15) is 5.11 Å². The summed E-state index contributed by atoms with van der Waals surface area (Å²) < 4.78 is 0. The molecular formula is C21H26O. The number of hydrogen-bond donors (Lipinski definition) is 1. The molecule has 0 amide bonds. The van der Waals surface area contributed by atoms with Gasteiger partial charge in [-0.05, 0) is 30.0 Å². The van der Waals surface area contributed by atoms with Gasteiger partial charge < -0.3 is 5.11 Å². The molecule has 1 atom stereocenters. The number of aliphatic hydroxyl groups is 1. The molecule has 0 aliphatic rings. The minimum absolute atomic E-state index is 0.700. The van der Waals surface area contributed by atoms with Gasteiger partial charge in [0, 0.05) is 0 Å². The Morgan fingerprint density at radius 1 is 0.909 bits per heavy atom. The Balaban J connectivity index is 0.000000255. The predicted octanol–water partition coefficient (Wildman–Crippen LogP) is 5.67. The Bertz CT molecular complexity index is 565. The third-order valence-electron chi connectivity index (χ3n) is 3.54. The second kappa shape index (κ2) is 9.01. The molecule has 116 valence electrons. The van der Waals surface area contributed by atoms with Gasteiger partial charge in [-0.15, -0.1) is 0 Å². The summed E-state index contributed by atoms with van der Waals surface area (Å²) in [6.07, 6.45) is 5.41. The Kier molecular flexibility index (Phi) is 7.34. The van der Waals surface area contributed by atoms with Crippen molar-refractivity contribution in [1.82, 2.24) is 0 Å². The minimum Gasteiger partial charge on any atom is -0.385 e. The minimum atomic E-state index is -0.700. The third-order valence-corrected chi connectivity index (χ3v) is 3.54. The van der Waals surface area contributed by atoms with Crippen LogP contribution >= 0.6 is 0 Å². The monoisotopic (exact) mass is 294 g/mol. The van der Waals surface area contributed by atoms with Crippen molar-refractivity contribution >= 4 is 12.2 Å². The van der Waals surface area contributed by atoms with Crippen LogP contribution < -0.4 is 0 Å². The predicted molar refractivity (Wildman–Crippen MR) is 97.5 cm³/mol. The van der Waals surface area contributed by atoms with E-state index in [0.717, 1.165) is 24.0 Å². The van der Waals surface area contributed by atoms with Crippen LogP contribution in [0.1, 0.15) is 43.4 Å². The molecule has 0 aromatic heterocycles. The maximum absolute atomic E-state index is 10.1. The fourth-order valence-electron chi connectivity index (χ4n) is 2.20. The first-order valence-corrected chi connectivity index (χ1v) is 7.66. The summed E-state index contributed by atoms with van der Waals surface area (Å²) in [7, 11) is 0. The number of hydrogen-bond acceptors (Lipinski definition) is 1. The van der Waals surface area contributed by atoms with Gasteiger partial charge in [-0.3, -0.25) is 0 Å². The van der Waals surface area contributed by atoms with Crippen molar-refractivity contribution in [2.75, 3.05) is 0 Å². The molecule has 0 saturated heterocycles. The highest BCUT2D eigenvalue weighted by atomic mass is 16.3. The van der Waals surface area contributed by atoms with Crippen LogP contribution in [-0.2, 0) is 5.60 Å². The van der Waals surface area contributed by atoms with Crippen LogP contribution in [0.25, 0.3) is 12.2 Å². The molecule has 1 heteroatoms. The van der Waals surface area contributed by atoms with Gasteiger partial charge in [0.25, 0.3) is 0 Å². The molecule has 1 nitrogen and oxygen atoms in total. The Hall–Kier alpha value is -2.12. The average molecular weight is 294 g/mol. The van der Waals surface area contributed by atoms with Crippen LogP contribution in [-0.4, -0.2) is 5.11 Å². The van der Waals surface area contributed by atoms with Gasteiger partial charge in [0.2, 0.25) is 0 Å². The summed E-state index contributed by atoms with van der Waals surface area (Å²) in [5, 5.41) is 10.1. The van der Waals surface area contributed by atoms with Crippen molar-refractivity contribution in [3.8, 4) is 0 Å². The molecule has 1 unspecified atom stereocenters. The van der Waals surface area contributed by atoms with E-state index >= 15 is 0 Å². The van der Waals surface area contributed by atoms with E-state index in [1.165, 1.54) is 5.56 Å². The van der Waals surface area contributed by atoms with Gasteiger partial charge >= 0.3 is 0 Å². The van der Waals surface area contributed by atoms with Crippen molar-refractivity contribution in [3.63, 3.8) is 0 Å². The highest BCUT2D eigenvalue weighted by Gasteiger charge is 2.20. The SMILES string of the molecule is C=Cc1ccc(C(C)(O)CCC)cc1.C=Cc1ccccc1. The first-order valence-electron chi connectivity index (χ1n) is 7.66. The van der Waals surface area contributed by atoms with Gasteiger partial charge in [-0.1, -0.05) is 93.3 Å². The molecule has 0 radical (unpaired) electrons. The molecule has 0 fully saturated rings. The molecule has 1 N–H and O–H groups in total. The molecule has 2 rings (SSSR count). The number of benzene rings is 2. The second-order valence-corrected chi connectivity index (χ2v) is 5.46. The maximum Gasteiger partial charge on any atom is 0.0868 e. The molecule has 22 heavy (non-hydrogen) atoms. The van der Waals surface area contributed by atoms with E-state index in [1.807, 2.05) is 67.6 Å². The summed E-state index contributed by atoms with van der Waals surface area (Å²) in [5.74, 6) is 0. The zero-order valence-electron chi connectivity index (χ0n) is 13.6. The van der Waals surface area contributed by atoms with E-state index in [1.54, 1.807) is 6.08 Å². The van der Waals surface area contributed by atoms with Crippen LogP contribution in [0.2, 0.25) is 0 Å². The lowest BCUT2D eigenvalue weighted by Gasteiger charge is -2.23. The quantitative estimate of drug-likeness (QED) is 0.753. The van der Waals surface area contributed by atoms with Crippen LogP contribution in [0.3, 0.4) is 0 Å². The summed E-state index contributed by atoms with van der Waals surface area (Å²) in [6.45, 7) is 11.3. The van der Waals surface area contributed by atoms with Gasteiger partial charge in [0.05, 0.1) is 5.60 Å². The normalized spacial score (nSPS) is 12.5. The molecule has 0 aliphatic heterocycles. The Labute approximate surface area is 134 Å². The fourth-order valence-corrected chi connectivity index (χ4v) is 2.20. The van der Waals surface area contributed by atoms with Crippen LogP contribution in [0.5, 0.6) is 0 Å². The summed E-state index contributed by atoms with van der Waals surface area (Å²) in [6, 6.07) is 17.9. The molecule has 0 aliphatic carbocycles. The zero-order valence-corrected chi connectivity index (χ0v) is 13.6. The van der Waals surface area contributed by atoms with E-state index in [2.05, 4.69) is 20.1 Å². The highest BCUT2D eigenvalue weighted by molar-refractivity contribution is 5.47. The largest absolute Gasteiger partial charge is 0.385 e. The smallest absolute Gasteiger partial charge is 0.0868 e. The molecular weight excluding hydrogens is 268 g/mol. The average Bonchev–Trinajstić information content (AvgIpc) is 2.56. The third kappa shape index (κ3) is 5.71. The molecule has 0 spiro atoms. The first-order chi connectivity index (χ1) is 10.5.